The molecule has 2 unspecified atom stereocenters. The van der Waals surface area contributed by atoms with Crippen LogP contribution >= 0.6 is 0 Å². The van der Waals surface area contributed by atoms with Crippen molar-refractivity contribution in [3.8, 4) is 6.07 Å². The molecule has 1 N–H and O–H groups in total. The molecular formula is C14H19N3O. The third kappa shape index (κ3) is 4.19. The molecule has 96 valence electrons. The van der Waals surface area contributed by atoms with E-state index in [9.17, 15) is 4.79 Å². The smallest absolute Gasteiger partial charge is 0.241 e. The first kappa shape index (κ1) is 14.2. The maximum atomic E-state index is 12.0. The van der Waals surface area contributed by atoms with Crippen LogP contribution in [0, 0.1) is 17.2 Å². The maximum absolute atomic E-state index is 12.0. The van der Waals surface area contributed by atoms with E-state index in [-0.39, 0.29) is 17.9 Å². The van der Waals surface area contributed by atoms with E-state index in [4.69, 9.17) is 5.26 Å². The van der Waals surface area contributed by atoms with Gasteiger partial charge in [0.25, 0.3) is 0 Å². The highest BCUT2D eigenvalue weighted by Crippen LogP contribution is 2.08. The zero-order chi connectivity index (χ0) is 13.5. The van der Waals surface area contributed by atoms with Crippen molar-refractivity contribution in [1.29, 1.82) is 5.26 Å². The van der Waals surface area contributed by atoms with Crippen LogP contribution < -0.4 is 5.32 Å². The summed E-state index contributed by atoms with van der Waals surface area (Å²) in [6.45, 7) is 4.26. The molecule has 18 heavy (non-hydrogen) atoms. The summed E-state index contributed by atoms with van der Waals surface area (Å²) in [4.78, 5) is 13.9. The Morgan fingerprint density at radius 1 is 1.39 bits per heavy atom. The molecule has 0 fully saturated rings. The molecule has 1 rings (SSSR count). The predicted molar refractivity (Wildman–Crippen MR) is 71.9 cm³/mol. The third-order valence-electron chi connectivity index (χ3n) is 2.86. The molecule has 0 aromatic heterocycles. The second kappa shape index (κ2) is 6.77. The van der Waals surface area contributed by atoms with Crippen molar-refractivity contribution in [3.05, 3.63) is 30.3 Å². The lowest BCUT2D eigenvalue weighted by Crippen LogP contribution is -2.41. The van der Waals surface area contributed by atoms with Gasteiger partial charge in [0, 0.05) is 12.2 Å². The fourth-order valence-electron chi connectivity index (χ4n) is 1.60. The second-order valence-electron chi connectivity index (χ2n) is 4.50. The largest absolute Gasteiger partial charge is 0.325 e. The quantitative estimate of drug-likeness (QED) is 0.864. The molecular weight excluding hydrogens is 226 g/mol. The Kier molecular flexibility index (Phi) is 5.34. The first-order valence-corrected chi connectivity index (χ1v) is 6.00. The van der Waals surface area contributed by atoms with Crippen LogP contribution in [0.3, 0.4) is 0 Å². The summed E-state index contributed by atoms with van der Waals surface area (Å²) in [6, 6.07) is 11.3. The maximum Gasteiger partial charge on any atom is 0.241 e. The SMILES string of the molecule is CC(C#N)CN(C)C(C)C(=O)Nc1ccccc1. The van der Waals surface area contributed by atoms with Gasteiger partial charge in [-0.3, -0.25) is 9.69 Å². The lowest BCUT2D eigenvalue weighted by Gasteiger charge is -2.24. The molecule has 0 heterocycles. The zero-order valence-electron chi connectivity index (χ0n) is 11.1. The molecule has 4 nitrogen and oxygen atoms in total. The number of carbonyl (C=O) groups is 1. The van der Waals surface area contributed by atoms with Gasteiger partial charge >= 0.3 is 0 Å². The molecule has 0 bridgehead atoms. The van der Waals surface area contributed by atoms with Crippen molar-refractivity contribution >= 4 is 11.6 Å². The summed E-state index contributed by atoms with van der Waals surface area (Å²) in [5.41, 5.74) is 0.788. The number of amides is 1. The number of carbonyl (C=O) groups excluding carboxylic acids is 1. The highest BCUT2D eigenvalue weighted by molar-refractivity contribution is 5.94. The van der Waals surface area contributed by atoms with Gasteiger partial charge in [-0.05, 0) is 33.0 Å². The molecule has 0 aliphatic heterocycles. The normalized spacial score (nSPS) is 13.7. The summed E-state index contributed by atoms with van der Waals surface area (Å²) in [5.74, 6) is -0.143. The number of nitriles is 1. The van der Waals surface area contributed by atoms with Crippen LogP contribution in [0.25, 0.3) is 0 Å². The number of benzene rings is 1. The fraction of sp³-hybridized carbons (Fsp3) is 0.429. The molecule has 0 saturated heterocycles. The van der Waals surface area contributed by atoms with Crippen molar-refractivity contribution in [2.75, 3.05) is 18.9 Å². The van der Waals surface area contributed by atoms with Gasteiger partial charge in [-0.1, -0.05) is 18.2 Å². The third-order valence-corrected chi connectivity index (χ3v) is 2.86. The van der Waals surface area contributed by atoms with Crippen molar-refractivity contribution in [1.82, 2.24) is 4.90 Å². The van der Waals surface area contributed by atoms with Gasteiger partial charge in [0.15, 0.2) is 0 Å². The Labute approximate surface area is 108 Å². The van der Waals surface area contributed by atoms with E-state index in [1.165, 1.54) is 0 Å². The molecule has 0 spiro atoms. The molecule has 0 aliphatic carbocycles. The van der Waals surface area contributed by atoms with Crippen LogP contribution in [0.5, 0.6) is 0 Å². The fourth-order valence-corrected chi connectivity index (χ4v) is 1.60. The van der Waals surface area contributed by atoms with Crippen LogP contribution in [0.15, 0.2) is 30.3 Å². The van der Waals surface area contributed by atoms with Gasteiger partial charge in [0.05, 0.1) is 18.0 Å². The van der Waals surface area contributed by atoms with Gasteiger partial charge in [0.2, 0.25) is 5.91 Å². The van der Waals surface area contributed by atoms with Crippen molar-refractivity contribution in [3.63, 3.8) is 0 Å². The van der Waals surface area contributed by atoms with Gasteiger partial charge < -0.3 is 5.32 Å². The van der Waals surface area contributed by atoms with Gasteiger partial charge in [-0.15, -0.1) is 0 Å². The Hall–Kier alpha value is -1.86. The molecule has 0 aliphatic rings. The molecule has 1 aromatic rings. The molecule has 1 aromatic carbocycles. The highest BCUT2D eigenvalue weighted by atomic mass is 16.2. The van der Waals surface area contributed by atoms with Crippen molar-refractivity contribution < 1.29 is 4.79 Å². The Balaban J connectivity index is 2.54. The van der Waals surface area contributed by atoms with E-state index < -0.39 is 0 Å². The van der Waals surface area contributed by atoms with Crippen molar-refractivity contribution in [2.45, 2.75) is 19.9 Å². The topological polar surface area (TPSA) is 56.1 Å². The van der Waals surface area contributed by atoms with Crippen LogP contribution in [0.4, 0.5) is 5.69 Å². The number of nitrogens with one attached hydrogen (secondary N) is 1. The lowest BCUT2D eigenvalue weighted by atomic mass is 10.1. The number of para-hydroxylation sites is 1. The monoisotopic (exact) mass is 245 g/mol. The number of rotatable bonds is 5. The number of nitrogens with zero attached hydrogens (tertiary/aromatic N) is 2. The summed E-state index contributed by atoms with van der Waals surface area (Å²) in [7, 11) is 1.85. The van der Waals surface area contributed by atoms with E-state index in [0.29, 0.717) is 6.54 Å². The van der Waals surface area contributed by atoms with E-state index in [1.54, 1.807) is 0 Å². The lowest BCUT2D eigenvalue weighted by molar-refractivity contribution is -0.120. The van der Waals surface area contributed by atoms with E-state index in [2.05, 4.69) is 11.4 Å². The average Bonchev–Trinajstić information content (AvgIpc) is 2.38. The molecule has 4 heteroatoms. The van der Waals surface area contributed by atoms with Crippen LogP contribution in [0.2, 0.25) is 0 Å². The van der Waals surface area contributed by atoms with Crippen LogP contribution in [-0.4, -0.2) is 30.4 Å². The zero-order valence-corrected chi connectivity index (χ0v) is 11.1. The molecule has 0 radical (unpaired) electrons. The minimum absolute atomic E-state index is 0.0613. The summed E-state index contributed by atoms with van der Waals surface area (Å²) >= 11 is 0. The standard InChI is InChI=1S/C14H19N3O/c1-11(9-15)10-17(3)12(2)14(18)16-13-7-5-4-6-8-13/h4-8,11-12H,10H2,1-3H3,(H,16,18). The number of hydrogen-bond donors (Lipinski definition) is 1. The second-order valence-corrected chi connectivity index (χ2v) is 4.50. The Morgan fingerprint density at radius 2 is 2.00 bits per heavy atom. The van der Waals surface area contributed by atoms with E-state index in [0.717, 1.165) is 5.69 Å². The van der Waals surface area contributed by atoms with Crippen LogP contribution in [-0.2, 0) is 4.79 Å². The molecule has 2 atom stereocenters. The van der Waals surface area contributed by atoms with Gasteiger partial charge in [-0.25, -0.2) is 0 Å². The van der Waals surface area contributed by atoms with Gasteiger partial charge in [0.1, 0.15) is 0 Å². The minimum atomic E-state index is -0.263. The van der Waals surface area contributed by atoms with Crippen LogP contribution in [0.1, 0.15) is 13.8 Å². The Morgan fingerprint density at radius 3 is 2.56 bits per heavy atom. The highest BCUT2D eigenvalue weighted by Gasteiger charge is 2.19. The van der Waals surface area contributed by atoms with Crippen molar-refractivity contribution in [2.24, 2.45) is 5.92 Å². The van der Waals surface area contributed by atoms with E-state index in [1.807, 2.05) is 56.1 Å². The summed E-state index contributed by atoms with van der Waals surface area (Å²) in [5, 5.41) is 11.6. The number of anilines is 1. The molecule has 0 saturated carbocycles. The first-order valence-electron chi connectivity index (χ1n) is 6.00. The predicted octanol–water partition coefficient (Wildman–Crippen LogP) is 2.11. The van der Waals surface area contributed by atoms with Gasteiger partial charge in [-0.2, -0.15) is 5.26 Å². The number of hydrogen-bond acceptors (Lipinski definition) is 3. The first-order chi connectivity index (χ1) is 8.54. The Bertz CT molecular complexity index is 424. The summed E-state index contributed by atoms with van der Waals surface area (Å²) in [6.07, 6.45) is 0. The average molecular weight is 245 g/mol. The number of likely N-dealkylation sites (N-methyl/N-ethyl adjacent to an activating group) is 1. The molecule has 1 amide bonds. The van der Waals surface area contributed by atoms with E-state index >= 15 is 0 Å². The minimum Gasteiger partial charge on any atom is -0.325 e. The summed E-state index contributed by atoms with van der Waals surface area (Å²) < 4.78 is 0.